The number of carbonyl (C=O) groups is 1. The third kappa shape index (κ3) is 3.72. The molecule has 0 aromatic carbocycles. The zero-order valence-electron chi connectivity index (χ0n) is 13.7. The molecule has 0 saturated heterocycles. The molecule has 0 aliphatic rings. The molecule has 0 unspecified atom stereocenters. The molecule has 2 rings (SSSR count). The molecule has 0 radical (unpaired) electrons. The molecule has 1 amide bonds. The molecule has 23 heavy (non-hydrogen) atoms. The number of rotatable bonds is 5. The lowest BCUT2D eigenvalue weighted by Crippen LogP contribution is -2.24. The molecule has 2 aromatic rings. The van der Waals surface area contributed by atoms with Gasteiger partial charge in [0.2, 0.25) is 0 Å². The van der Waals surface area contributed by atoms with E-state index in [9.17, 15) is 13.6 Å². The minimum absolute atomic E-state index is 0.246. The van der Waals surface area contributed by atoms with Crippen LogP contribution in [0.5, 0.6) is 0 Å². The molecule has 0 aliphatic heterocycles. The molecule has 0 aliphatic carbocycles. The number of alkyl halides is 2. The number of pyridine rings is 1. The number of carbonyl (C=O) groups excluding carboxylic acids is 1. The van der Waals surface area contributed by atoms with Crippen LogP contribution in [0.3, 0.4) is 0 Å². The second-order valence-electron chi connectivity index (χ2n) is 5.47. The van der Waals surface area contributed by atoms with E-state index in [1.165, 1.54) is 12.1 Å². The zero-order chi connectivity index (χ0) is 17.2. The molecule has 2 aromatic heterocycles. The number of halogens is 2. The third-order valence-electron chi connectivity index (χ3n) is 3.73. The van der Waals surface area contributed by atoms with Crippen LogP contribution >= 0.6 is 0 Å². The fourth-order valence-corrected chi connectivity index (χ4v) is 2.36. The van der Waals surface area contributed by atoms with Crippen LogP contribution in [-0.2, 0) is 19.0 Å². The molecule has 2 heterocycles. The standard InChI is InChI=1S/C16H20F2N4O/c1-5-22-11(3)13(10(2)21-22)9-20-15(23)12-6-7-14(19-8-12)16(4,17)18/h6-8H,5,9H2,1-4H3,(H,20,23). The molecular weight excluding hydrogens is 302 g/mol. The van der Waals surface area contributed by atoms with E-state index < -0.39 is 5.92 Å². The Morgan fingerprint density at radius 3 is 2.52 bits per heavy atom. The first-order valence-corrected chi connectivity index (χ1v) is 7.39. The maximum Gasteiger partial charge on any atom is 0.286 e. The van der Waals surface area contributed by atoms with Crippen molar-refractivity contribution in [3.8, 4) is 0 Å². The summed E-state index contributed by atoms with van der Waals surface area (Å²) in [5.74, 6) is -3.37. The van der Waals surface area contributed by atoms with E-state index >= 15 is 0 Å². The first-order valence-electron chi connectivity index (χ1n) is 7.39. The second-order valence-corrected chi connectivity index (χ2v) is 5.47. The summed E-state index contributed by atoms with van der Waals surface area (Å²) in [6, 6.07) is 2.52. The summed E-state index contributed by atoms with van der Waals surface area (Å²) >= 11 is 0. The van der Waals surface area contributed by atoms with Gasteiger partial charge in [0.1, 0.15) is 5.69 Å². The van der Waals surface area contributed by atoms with Crippen LogP contribution in [0.2, 0.25) is 0 Å². The topological polar surface area (TPSA) is 59.8 Å². The van der Waals surface area contributed by atoms with E-state index in [1.54, 1.807) is 0 Å². The predicted octanol–water partition coefficient (Wildman–Crippen LogP) is 2.96. The van der Waals surface area contributed by atoms with Crippen molar-refractivity contribution in [2.45, 2.75) is 46.7 Å². The lowest BCUT2D eigenvalue weighted by atomic mass is 10.1. The highest BCUT2D eigenvalue weighted by Crippen LogP contribution is 2.24. The van der Waals surface area contributed by atoms with Crippen LogP contribution in [0, 0.1) is 13.8 Å². The summed E-state index contributed by atoms with van der Waals surface area (Å²) in [6.07, 6.45) is 1.16. The minimum atomic E-state index is -3.02. The maximum atomic E-state index is 13.1. The largest absolute Gasteiger partial charge is 0.348 e. The Bertz CT molecular complexity index is 702. The first-order chi connectivity index (χ1) is 10.7. The minimum Gasteiger partial charge on any atom is -0.348 e. The third-order valence-corrected chi connectivity index (χ3v) is 3.73. The average Bonchev–Trinajstić information content (AvgIpc) is 2.78. The van der Waals surface area contributed by atoms with E-state index in [2.05, 4.69) is 15.4 Å². The average molecular weight is 322 g/mol. The number of aromatic nitrogens is 3. The van der Waals surface area contributed by atoms with E-state index in [0.717, 1.165) is 36.6 Å². The molecule has 0 spiro atoms. The Kier molecular flexibility index (Phi) is 4.77. The molecule has 1 N–H and O–H groups in total. The highest BCUT2D eigenvalue weighted by atomic mass is 19.3. The van der Waals surface area contributed by atoms with Gasteiger partial charge in [0.15, 0.2) is 0 Å². The molecule has 7 heteroatoms. The van der Waals surface area contributed by atoms with E-state index in [0.29, 0.717) is 6.54 Å². The highest BCUT2D eigenvalue weighted by Gasteiger charge is 2.26. The fourth-order valence-electron chi connectivity index (χ4n) is 2.36. The van der Waals surface area contributed by atoms with Crippen molar-refractivity contribution < 1.29 is 13.6 Å². The summed E-state index contributed by atoms with van der Waals surface area (Å²) in [5.41, 5.74) is 2.72. The Hall–Kier alpha value is -2.31. The van der Waals surface area contributed by atoms with Crippen molar-refractivity contribution in [1.29, 1.82) is 0 Å². The van der Waals surface area contributed by atoms with E-state index in [4.69, 9.17) is 0 Å². The predicted molar refractivity (Wildman–Crippen MR) is 82.4 cm³/mol. The smallest absolute Gasteiger partial charge is 0.286 e. The number of nitrogens with one attached hydrogen (secondary N) is 1. The summed E-state index contributed by atoms with van der Waals surface area (Å²) < 4.78 is 28.1. The van der Waals surface area contributed by atoms with Gasteiger partial charge < -0.3 is 5.32 Å². The van der Waals surface area contributed by atoms with Crippen molar-refractivity contribution in [2.75, 3.05) is 0 Å². The molecule has 0 bridgehead atoms. The number of hydrogen-bond donors (Lipinski definition) is 1. The SMILES string of the molecule is CCn1nc(C)c(CNC(=O)c2ccc(C(C)(F)F)nc2)c1C. The van der Waals surface area contributed by atoms with Crippen LogP contribution in [-0.4, -0.2) is 20.7 Å². The molecule has 0 fully saturated rings. The highest BCUT2D eigenvalue weighted by molar-refractivity contribution is 5.93. The van der Waals surface area contributed by atoms with Crippen molar-refractivity contribution >= 4 is 5.91 Å². The fraction of sp³-hybridized carbons (Fsp3) is 0.438. The molecule has 124 valence electrons. The van der Waals surface area contributed by atoms with Gasteiger partial charge in [-0.3, -0.25) is 14.5 Å². The van der Waals surface area contributed by atoms with Crippen LogP contribution in [0.1, 0.15) is 46.9 Å². The van der Waals surface area contributed by atoms with Crippen LogP contribution < -0.4 is 5.32 Å². The zero-order valence-corrected chi connectivity index (χ0v) is 13.7. The summed E-state index contributed by atoms with van der Waals surface area (Å²) in [5, 5.41) is 7.16. The van der Waals surface area contributed by atoms with Gasteiger partial charge in [0.05, 0.1) is 11.3 Å². The van der Waals surface area contributed by atoms with Gasteiger partial charge in [0.25, 0.3) is 11.8 Å². The summed E-state index contributed by atoms with van der Waals surface area (Å²) in [6.45, 7) is 7.70. The number of hydrogen-bond acceptors (Lipinski definition) is 3. The van der Waals surface area contributed by atoms with Crippen LogP contribution in [0.4, 0.5) is 8.78 Å². The van der Waals surface area contributed by atoms with Gasteiger partial charge in [-0.15, -0.1) is 0 Å². The normalized spacial score (nSPS) is 11.6. The van der Waals surface area contributed by atoms with Gasteiger partial charge >= 0.3 is 0 Å². The van der Waals surface area contributed by atoms with E-state index in [-0.39, 0.29) is 17.2 Å². The molecule has 0 atom stereocenters. The molecular formula is C16H20F2N4O. The van der Waals surface area contributed by atoms with Crippen molar-refractivity contribution in [3.63, 3.8) is 0 Å². The van der Waals surface area contributed by atoms with Gasteiger partial charge in [0, 0.05) is 37.5 Å². The second kappa shape index (κ2) is 6.44. The Labute approximate surface area is 133 Å². The van der Waals surface area contributed by atoms with Gasteiger partial charge in [-0.05, 0) is 32.9 Å². The monoisotopic (exact) mass is 322 g/mol. The molecule has 5 nitrogen and oxygen atoms in total. The van der Waals surface area contributed by atoms with Gasteiger partial charge in [-0.2, -0.15) is 13.9 Å². The Morgan fingerprint density at radius 2 is 2.04 bits per heavy atom. The number of aryl methyl sites for hydroxylation is 2. The van der Waals surface area contributed by atoms with E-state index in [1.807, 2.05) is 25.5 Å². The number of amides is 1. The van der Waals surface area contributed by atoms with Crippen LogP contribution in [0.25, 0.3) is 0 Å². The maximum absolute atomic E-state index is 13.1. The quantitative estimate of drug-likeness (QED) is 0.920. The van der Waals surface area contributed by atoms with Gasteiger partial charge in [-0.25, -0.2) is 0 Å². The lowest BCUT2D eigenvalue weighted by molar-refractivity contribution is 0.0127. The Balaban J connectivity index is 2.07. The summed E-state index contributed by atoms with van der Waals surface area (Å²) in [4.78, 5) is 15.8. The van der Waals surface area contributed by atoms with Crippen molar-refractivity contribution in [2.24, 2.45) is 0 Å². The van der Waals surface area contributed by atoms with Crippen molar-refractivity contribution in [1.82, 2.24) is 20.1 Å². The lowest BCUT2D eigenvalue weighted by Gasteiger charge is -2.10. The Morgan fingerprint density at radius 1 is 1.35 bits per heavy atom. The van der Waals surface area contributed by atoms with Gasteiger partial charge in [-0.1, -0.05) is 0 Å². The van der Waals surface area contributed by atoms with Crippen LogP contribution in [0.15, 0.2) is 18.3 Å². The van der Waals surface area contributed by atoms with Crippen molar-refractivity contribution in [3.05, 3.63) is 46.5 Å². The number of nitrogens with zero attached hydrogens (tertiary/aromatic N) is 3. The summed E-state index contributed by atoms with van der Waals surface area (Å²) in [7, 11) is 0. The first kappa shape index (κ1) is 17.1. The molecule has 0 saturated carbocycles.